The number of hydrogen-bond donors (Lipinski definition) is 2. The molecule has 5 aromatic rings. The lowest BCUT2D eigenvalue weighted by Gasteiger charge is -2.25. The van der Waals surface area contributed by atoms with Crippen molar-refractivity contribution in [3.05, 3.63) is 89.5 Å². The molecule has 1 saturated heterocycles. The molecule has 0 spiro atoms. The Morgan fingerprint density at radius 2 is 1.79 bits per heavy atom. The van der Waals surface area contributed by atoms with Crippen LogP contribution in [0.3, 0.4) is 0 Å². The summed E-state index contributed by atoms with van der Waals surface area (Å²) >= 11 is 0. The van der Waals surface area contributed by atoms with Crippen molar-refractivity contribution < 1.29 is 10.2 Å². The number of rotatable bonds is 5. The zero-order valence-electron chi connectivity index (χ0n) is 21.8. The average Bonchev–Trinajstić information content (AvgIpc) is 3.85. The lowest BCUT2D eigenvalue weighted by molar-refractivity contribution is 0.194. The molecule has 1 aliphatic heterocycles. The molecule has 2 N–H and O–H groups in total. The fraction of sp³-hybridized carbons (Fsp3) is 0.355. The van der Waals surface area contributed by atoms with Gasteiger partial charge in [0.05, 0.1) is 23.4 Å². The van der Waals surface area contributed by atoms with E-state index >= 15 is 0 Å². The predicted molar refractivity (Wildman–Crippen MR) is 148 cm³/mol. The van der Waals surface area contributed by atoms with Crippen LogP contribution in [0.15, 0.2) is 61.1 Å². The van der Waals surface area contributed by atoms with E-state index in [4.69, 9.17) is 9.97 Å². The SMILES string of the molecule is Cc1ccnc([C@H]2C[C@@H]2c2cc(O)c3ccc(N4C[C@@H](O)C[C@@H]4c4cn5cc(C6CC6)ccc5n4)cc3n2)n1. The number of aliphatic hydroxyl groups is 1. The molecule has 0 bridgehead atoms. The molecule has 3 aliphatic rings. The maximum absolute atomic E-state index is 10.9. The molecule has 4 atom stereocenters. The van der Waals surface area contributed by atoms with Crippen LogP contribution >= 0.6 is 0 Å². The Bertz CT molecular complexity index is 1740. The Morgan fingerprint density at radius 3 is 2.64 bits per heavy atom. The Balaban J connectivity index is 1.12. The quantitative estimate of drug-likeness (QED) is 0.332. The van der Waals surface area contributed by atoms with Crippen molar-refractivity contribution in [2.75, 3.05) is 11.4 Å². The number of fused-ring (bicyclic) bond motifs is 2. The van der Waals surface area contributed by atoms with Gasteiger partial charge in [0.25, 0.3) is 0 Å². The number of aromatic nitrogens is 5. The molecule has 8 nitrogen and oxygen atoms in total. The fourth-order valence-corrected chi connectivity index (χ4v) is 6.27. The number of nitrogens with zero attached hydrogens (tertiary/aromatic N) is 6. The number of aliphatic hydroxyl groups excluding tert-OH is 1. The van der Waals surface area contributed by atoms with E-state index < -0.39 is 6.10 Å². The van der Waals surface area contributed by atoms with E-state index in [2.05, 4.69) is 43.8 Å². The van der Waals surface area contributed by atoms with Gasteiger partial charge in [0.2, 0.25) is 0 Å². The molecular formula is C31H30N6O2. The third-order valence-corrected chi connectivity index (χ3v) is 8.60. The van der Waals surface area contributed by atoms with E-state index in [9.17, 15) is 10.2 Å². The summed E-state index contributed by atoms with van der Waals surface area (Å²) in [7, 11) is 0. The summed E-state index contributed by atoms with van der Waals surface area (Å²) in [6.45, 7) is 2.50. The van der Waals surface area contributed by atoms with Crippen LogP contribution in [0, 0.1) is 6.92 Å². The zero-order chi connectivity index (χ0) is 26.2. The van der Waals surface area contributed by atoms with Crippen LogP contribution in [0.5, 0.6) is 5.75 Å². The molecule has 8 heteroatoms. The minimum Gasteiger partial charge on any atom is -0.507 e. The van der Waals surface area contributed by atoms with Gasteiger partial charge in [0.15, 0.2) is 0 Å². The monoisotopic (exact) mass is 518 g/mol. The average molecular weight is 519 g/mol. The summed E-state index contributed by atoms with van der Waals surface area (Å²) in [5, 5.41) is 22.3. The number of benzene rings is 1. The first kappa shape index (κ1) is 22.9. The highest BCUT2D eigenvalue weighted by Gasteiger charge is 2.43. The molecule has 0 amide bonds. The molecule has 1 aromatic carbocycles. The molecule has 8 rings (SSSR count). The Kier molecular flexibility index (Phi) is 4.98. The number of anilines is 1. The van der Waals surface area contributed by atoms with Gasteiger partial charge in [-0.15, -0.1) is 0 Å². The topological polar surface area (TPSA) is 99.7 Å². The van der Waals surface area contributed by atoms with Gasteiger partial charge in [-0.05, 0) is 68.0 Å². The zero-order valence-corrected chi connectivity index (χ0v) is 21.8. The first-order chi connectivity index (χ1) is 19.0. The Morgan fingerprint density at radius 1 is 0.897 bits per heavy atom. The van der Waals surface area contributed by atoms with Crippen molar-refractivity contribution in [3.8, 4) is 5.75 Å². The molecular weight excluding hydrogens is 488 g/mol. The maximum Gasteiger partial charge on any atom is 0.137 e. The van der Waals surface area contributed by atoms with Gasteiger partial charge in [-0.2, -0.15) is 0 Å². The van der Waals surface area contributed by atoms with Gasteiger partial charge >= 0.3 is 0 Å². The van der Waals surface area contributed by atoms with Crippen LogP contribution in [-0.4, -0.2) is 47.2 Å². The van der Waals surface area contributed by atoms with Crippen LogP contribution in [-0.2, 0) is 0 Å². The van der Waals surface area contributed by atoms with Crippen LogP contribution in [0.4, 0.5) is 5.69 Å². The van der Waals surface area contributed by atoms with E-state index in [1.807, 2.05) is 31.2 Å². The van der Waals surface area contributed by atoms with Gasteiger partial charge in [0, 0.05) is 71.9 Å². The smallest absolute Gasteiger partial charge is 0.137 e. The highest BCUT2D eigenvalue weighted by Crippen LogP contribution is 2.54. The normalized spacial score (nSPS) is 24.6. The lowest BCUT2D eigenvalue weighted by Crippen LogP contribution is -2.24. The molecule has 5 heterocycles. The molecule has 3 fully saturated rings. The minimum atomic E-state index is -0.438. The van der Waals surface area contributed by atoms with Crippen molar-refractivity contribution in [2.45, 2.75) is 62.5 Å². The van der Waals surface area contributed by atoms with Crippen LogP contribution in [0.2, 0.25) is 0 Å². The van der Waals surface area contributed by atoms with Crippen molar-refractivity contribution in [2.24, 2.45) is 0 Å². The summed E-state index contributed by atoms with van der Waals surface area (Å²) in [6, 6.07) is 13.9. The molecule has 2 saturated carbocycles. The summed E-state index contributed by atoms with van der Waals surface area (Å²) in [4.78, 5) is 21.2. The maximum atomic E-state index is 10.9. The number of aromatic hydroxyl groups is 1. The lowest BCUT2D eigenvalue weighted by atomic mass is 10.1. The van der Waals surface area contributed by atoms with Crippen molar-refractivity contribution in [1.29, 1.82) is 0 Å². The highest BCUT2D eigenvalue weighted by atomic mass is 16.3. The predicted octanol–water partition coefficient (Wildman–Crippen LogP) is 5.15. The molecule has 4 aromatic heterocycles. The largest absolute Gasteiger partial charge is 0.507 e. The van der Waals surface area contributed by atoms with E-state index in [0.29, 0.717) is 18.9 Å². The summed E-state index contributed by atoms with van der Waals surface area (Å²) in [6.07, 6.45) is 9.77. The van der Waals surface area contributed by atoms with Gasteiger partial charge in [-0.3, -0.25) is 4.98 Å². The summed E-state index contributed by atoms with van der Waals surface area (Å²) in [5.74, 6) is 2.20. The number of aryl methyl sites for hydroxylation is 1. The van der Waals surface area contributed by atoms with E-state index in [-0.39, 0.29) is 23.6 Å². The highest BCUT2D eigenvalue weighted by molar-refractivity contribution is 5.88. The molecule has 0 radical (unpaired) electrons. The van der Waals surface area contributed by atoms with Crippen molar-refractivity contribution >= 4 is 22.2 Å². The summed E-state index contributed by atoms with van der Waals surface area (Å²) in [5.41, 5.74) is 6.82. The van der Waals surface area contributed by atoms with E-state index in [1.54, 1.807) is 12.3 Å². The van der Waals surface area contributed by atoms with Crippen LogP contribution in [0.1, 0.15) is 77.9 Å². The Hall–Kier alpha value is -4.04. The first-order valence-electron chi connectivity index (χ1n) is 13.9. The third-order valence-electron chi connectivity index (χ3n) is 8.60. The van der Waals surface area contributed by atoms with Gasteiger partial charge in [0.1, 0.15) is 17.2 Å². The summed E-state index contributed by atoms with van der Waals surface area (Å²) < 4.78 is 2.13. The second kappa shape index (κ2) is 8.48. The van der Waals surface area contributed by atoms with Gasteiger partial charge in [-0.1, -0.05) is 6.07 Å². The first-order valence-corrected chi connectivity index (χ1v) is 13.9. The number of pyridine rings is 2. The molecule has 0 unspecified atom stereocenters. The third kappa shape index (κ3) is 4.01. The van der Waals surface area contributed by atoms with Gasteiger partial charge < -0.3 is 19.5 Å². The van der Waals surface area contributed by atoms with E-state index in [0.717, 1.165) is 51.6 Å². The fourth-order valence-electron chi connectivity index (χ4n) is 6.27. The molecule has 39 heavy (non-hydrogen) atoms. The minimum absolute atomic E-state index is 0.0372. The number of hydrogen-bond acceptors (Lipinski definition) is 7. The second-order valence-electron chi connectivity index (χ2n) is 11.5. The Labute approximate surface area is 226 Å². The van der Waals surface area contributed by atoms with Crippen molar-refractivity contribution in [1.82, 2.24) is 24.3 Å². The van der Waals surface area contributed by atoms with E-state index in [1.165, 1.54) is 18.4 Å². The number of β-amino-alcohol motifs (C(OH)–C–C–N with tert-alkyl or cyclic N) is 1. The van der Waals surface area contributed by atoms with Crippen LogP contribution < -0.4 is 4.90 Å². The second-order valence-corrected chi connectivity index (χ2v) is 11.5. The standard InChI is InChI=1S/C31H30N6O2/c1-17-8-9-32-31(33-17)24-12-23(24)26-13-29(39)22-6-5-20(10-25(22)34-26)37-15-21(38)11-28(37)27-16-36-14-19(18-2-3-18)4-7-30(36)35-27/h4-10,13-14,16,18,21,23-24,28,38H,2-3,11-12,15H2,1H3,(H,34,39)/t21-,23-,24-,28+/m0/s1. The number of imidazole rings is 1. The van der Waals surface area contributed by atoms with Gasteiger partial charge in [-0.25, -0.2) is 15.0 Å². The molecule has 196 valence electrons. The molecule has 2 aliphatic carbocycles. The van der Waals surface area contributed by atoms with Crippen LogP contribution in [0.25, 0.3) is 16.6 Å². The van der Waals surface area contributed by atoms with Crippen molar-refractivity contribution in [3.63, 3.8) is 0 Å².